The molecule has 6 nitrogen and oxygen atoms in total. The molecule has 142 valence electrons. The van der Waals surface area contributed by atoms with Crippen molar-refractivity contribution >= 4 is 11.6 Å². The molecule has 1 amide bonds. The van der Waals surface area contributed by atoms with Crippen LogP contribution in [0.4, 0.5) is 5.69 Å². The number of aromatic nitrogens is 1. The first-order valence-electron chi connectivity index (χ1n) is 9.27. The fourth-order valence-electron chi connectivity index (χ4n) is 3.15. The van der Waals surface area contributed by atoms with Gasteiger partial charge in [-0.05, 0) is 42.7 Å². The quantitative estimate of drug-likeness (QED) is 0.781. The molecule has 0 aliphatic heterocycles. The van der Waals surface area contributed by atoms with Crippen molar-refractivity contribution in [1.82, 2.24) is 4.98 Å². The number of pyridine rings is 1. The number of amides is 1. The second kappa shape index (κ2) is 10.9. The third kappa shape index (κ3) is 7.08. The SMILES string of the molecule is N#Cc1cccc(N(O)CCC2CCCCC2)c1.NC(=O)c1ccccn1. The molecule has 1 aromatic heterocycles. The molecule has 2 aromatic rings. The van der Waals surface area contributed by atoms with Crippen LogP contribution in [0.25, 0.3) is 0 Å². The average molecular weight is 366 g/mol. The molecule has 1 aliphatic carbocycles. The van der Waals surface area contributed by atoms with E-state index in [0.717, 1.165) is 12.3 Å². The summed E-state index contributed by atoms with van der Waals surface area (Å²) in [6.07, 6.45) is 9.19. The smallest absolute Gasteiger partial charge is 0.267 e. The van der Waals surface area contributed by atoms with E-state index in [1.165, 1.54) is 43.4 Å². The van der Waals surface area contributed by atoms with Crippen LogP contribution in [0.15, 0.2) is 48.7 Å². The number of hydrogen-bond donors (Lipinski definition) is 2. The Labute approximate surface area is 160 Å². The van der Waals surface area contributed by atoms with Crippen LogP contribution in [-0.2, 0) is 0 Å². The average Bonchev–Trinajstić information content (AvgIpc) is 2.74. The molecular formula is C21H26N4O2. The van der Waals surface area contributed by atoms with Crippen molar-refractivity contribution in [3.05, 3.63) is 59.9 Å². The number of rotatable bonds is 5. The number of anilines is 1. The van der Waals surface area contributed by atoms with Gasteiger partial charge in [0.05, 0.1) is 17.3 Å². The molecule has 6 heteroatoms. The van der Waals surface area contributed by atoms with Gasteiger partial charge in [0, 0.05) is 12.7 Å². The second-order valence-electron chi connectivity index (χ2n) is 6.66. The number of hydrogen-bond acceptors (Lipinski definition) is 5. The first-order chi connectivity index (χ1) is 13.1. The van der Waals surface area contributed by atoms with E-state index in [0.29, 0.717) is 23.5 Å². The molecule has 3 N–H and O–H groups in total. The van der Waals surface area contributed by atoms with Crippen LogP contribution in [0.1, 0.15) is 54.6 Å². The Morgan fingerprint density at radius 1 is 1.22 bits per heavy atom. The molecule has 1 heterocycles. The monoisotopic (exact) mass is 366 g/mol. The lowest BCUT2D eigenvalue weighted by Crippen LogP contribution is -2.22. The van der Waals surface area contributed by atoms with E-state index in [1.807, 2.05) is 6.07 Å². The first-order valence-corrected chi connectivity index (χ1v) is 9.27. The van der Waals surface area contributed by atoms with Crippen LogP contribution in [0.3, 0.4) is 0 Å². The molecule has 0 saturated heterocycles. The van der Waals surface area contributed by atoms with Crippen molar-refractivity contribution in [2.24, 2.45) is 11.7 Å². The number of nitrogens with two attached hydrogens (primary N) is 1. The Kier molecular flexibility index (Phi) is 8.27. The number of nitriles is 1. The Morgan fingerprint density at radius 3 is 2.59 bits per heavy atom. The molecule has 0 atom stereocenters. The van der Waals surface area contributed by atoms with Crippen LogP contribution in [0, 0.1) is 17.2 Å². The minimum Gasteiger partial charge on any atom is -0.364 e. The van der Waals surface area contributed by atoms with E-state index in [1.54, 1.807) is 36.4 Å². The standard InChI is InChI=1S/C15H20N2O.C6H6N2O/c16-12-14-7-4-8-15(11-14)17(18)10-9-13-5-2-1-3-6-13;7-6(9)5-3-1-2-4-8-5/h4,7-8,11,13,18H,1-3,5-6,9-10H2;1-4H,(H2,7,9). The van der Waals surface area contributed by atoms with Gasteiger partial charge in [-0.2, -0.15) is 5.26 Å². The summed E-state index contributed by atoms with van der Waals surface area (Å²) in [7, 11) is 0. The molecule has 0 radical (unpaired) electrons. The van der Waals surface area contributed by atoms with Crippen LogP contribution < -0.4 is 10.8 Å². The van der Waals surface area contributed by atoms with Gasteiger partial charge in [-0.15, -0.1) is 0 Å². The lowest BCUT2D eigenvalue weighted by Gasteiger charge is -2.24. The van der Waals surface area contributed by atoms with Gasteiger partial charge in [-0.1, -0.05) is 44.2 Å². The van der Waals surface area contributed by atoms with Crippen LogP contribution >= 0.6 is 0 Å². The van der Waals surface area contributed by atoms with Gasteiger partial charge >= 0.3 is 0 Å². The van der Waals surface area contributed by atoms with Crippen LogP contribution in [0.2, 0.25) is 0 Å². The van der Waals surface area contributed by atoms with Gasteiger partial charge < -0.3 is 5.73 Å². The molecule has 1 saturated carbocycles. The molecule has 3 rings (SSSR count). The fourth-order valence-corrected chi connectivity index (χ4v) is 3.15. The van der Waals surface area contributed by atoms with Gasteiger partial charge in [0.25, 0.3) is 5.91 Å². The summed E-state index contributed by atoms with van der Waals surface area (Å²) in [6, 6.07) is 14.2. The van der Waals surface area contributed by atoms with Crippen molar-refractivity contribution in [3.63, 3.8) is 0 Å². The summed E-state index contributed by atoms with van der Waals surface area (Å²) in [4.78, 5) is 14.1. The largest absolute Gasteiger partial charge is 0.364 e. The van der Waals surface area contributed by atoms with E-state index >= 15 is 0 Å². The predicted molar refractivity (Wildman–Crippen MR) is 104 cm³/mol. The Bertz CT molecular complexity index is 752. The van der Waals surface area contributed by atoms with E-state index in [4.69, 9.17) is 11.0 Å². The zero-order valence-electron chi connectivity index (χ0n) is 15.4. The highest BCUT2D eigenvalue weighted by Gasteiger charge is 2.14. The normalized spacial score (nSPS) is 13.8. The van der Waals surface area contributed by atoms with Crippen LogP contribution in [-0.4, -0.2) is 22.6 Å². The molecule has 0 bridgehead atoms. The minimum absolute atomic E-state index is 0.303. The maximum absolute atomic E-state index is 10.4. The van der Waals surface area contributed by atoms with Crippen molar-refractivity contribution in [1.29, 1.82) is 5.26 Å². The summed E-state index contributed by atoms with van der Waals surface area (Å²) < 4.78 is 0. The van der Waals surface area contributed by atoms with Gasteiger partial charge in [0.2, 0.25) is 0 Å². The molecule has 0 unspecified atom stereocenters. The maximum atomic E-state index is 10.4. The lowest BCUT2D eigenvalue weighted by atomic mass is 9.87. The molecule has 0 spiro atoms. The highest BCUT2D eigenvalue weighted by molar-refractivity contribution is 5.90. The number of carbonyl (C=O) groups is 1. The predicted octanol–water partition coefficient (Wildman–Crippen LogP) is 3.90. The van der Waals surface area contributed by atoms with E-state index in [9.17, 15) is 10.0 Å². The van der Waals surface area contributed by atoms with Gasteiger partial charge in [0.15, 0.2) is 0 Å². The van der Waals surface area contributed by atoms with E-state index < -0.39 is 5.91 Å². The van der Waals surface area contributed by atoms with Crippen molar-refractivity contribution in [2.75, 3.05) is 11.6 Å². The molecule has 27 heavy (non-hydrogen) atoms. The zero-order valence-corrected chi connectivity index (χ0v) is 15.4. The number of carbonyl (C=O) groups excluding carboxylic acids is 1. The van der Waals surface area contributed by atoms with Crippen molar-refractivity contribution < 1.29 is 10.0 Å². The number of nitrogens with zero attached hydrogens (tertiary/aromatic N) is 3. The van der Waals surface area contributed by atoms with Crippen LogP contribution in [0.5, 0.6) is 0 Å². The lowest BCUT2D eigenvalue weighted by molar-refractivity contribution is 0.0995. The molecule has 1 aromatic carbocycles. The minimum atomic E-state index is -0.490. The molecular weight excluding hydrogens is 340 g/mol. The summed E-state index contributed by atoms with van der Waals surface area (Å²) >= 11 is 0. The Hall–Kier alpha value is -2.91. The topological polar surface area (TPSA) is 103 Å². The summed E-state index contributed by atoms with van der Waals surface area (Å²) in [5.41, 5.74) is 6.52. The third-order valence-electron chi connectivity index (χ3n) is 4.66. The zero-order chi connectivity index (χ0) is 19.5. The van der Waals surface area contributed by atoms with Crippen molar-refractivity contribution in [3.8, 4) is 6.07 Å². The van der Waals surface area contributed by atoms with E-state index in [-0.39, 0.29) is 0 Å². The Balaban J connectivity index is 0.000000244. The number of primary amides is 1. The summed E-state index contributed by atoms with van der Waals surface area (Å²) in [5.74, 6) is 0.267. The fraction of sp³-hybridized carbons (Fsp3) is 0.381. The maximum Gasteiger partial charge on any atom is 0.267 e. The van der Waals surface area contributed by atoms with Crippen molar-refractivity contribution in [2.45, 2.75) is 38.5 Å². The van der Waals surface area contributed by atoms with Gasteiger partial charge in [0.1, 0.15) is 5.69 Å². The molecule has 1 fully saturated rings. The third-order valence-corrected chi connectivity index (χ3v) is 4.66. The molecule has 1 aliphatic rings. The number of benzene rings is 1. The highest BCUT2D eigenvalue weighted by atomic mass is 16.5. The van der Waals surface area contributed by atoms with E-state index in [2.05, 4.69) is 11.1 Å². The number of hydroxylamine groups is 1. The highest BCUT2D eigenvalue weighted by Crippen LogP contribution is 2.27. The second-order valence-corrected chi connectivity index (χ2v) is 6.66. The van der Waals surface area contributed by atoms with Gasteiger partial charge in [-0.3, -0.25) is 20.0 Å². The first kappa shape index (κ1) is 20.4. The Morgan fingerprint density at radius 2 is 2.00 bits per heavy atom. The summed E-state index contributed by atoms with van der Waals surface area (Å²) in [5, 5.41) is 20.1. The summed E-state index contributed by atoms with van der Waals surface area (Å²) in [6.45, 7) is 0.652. The van der Waals surface area contributed by atoms with Gasteiger partial charge in [-0.25, -0.2) is 0 Å².